The van der Waals surface area contributed by atoms with Crippen LogP contribution >= 0.6 is 0 Å². The van der Waals surface area contributed by atoms with Crippen LogP contribution in [0.4, 0.5) is 5.69 Å². The molecule has 0 heterocycles. The van der Waals surface area contributed by atoms with Gasteiger partial charge in [-0.15, -0.1) is 0 Å². The minimum atomic E-state index is 0.0119. The van der Waals surface area contributed by atoms with Crippen LogP contribution in [0.25, 0.3) is 0 Å². The Labute approximate surface area is 113 Å². The first-order valence-corrected chi connectivity index (χ1v) is 7.18. The fourth-order valence-corrected chi connectivity index (χ4v) is 2.40. The maximum atomic E-state index is 12.5. The van der Waals surface area contributed by atoms with E-state index in [0.717, 1.165) is 43.4 Å². The second-order valence-electron chi connectivity index (χ2n) is 5.54. The number of carbonyl (C=O) groups is 2. The molecule has 3 nitrogen and oxygen atoms in total. The minimum absolute atomic E-state index is 0.0119. The summed E-state index contributed by atoms with van der Waals surface area (Å²) in [6.45, 7) is 2.06. The van der Waals surface area contributed by atoms with Crippen molar-refractivity contribution in [3.8, 4) is 0 Å². The highest BCUT2D eigenvalue weighted by Gasteiger charge is 2.42. The molecular formula is C16H19NO2. The Hall–Kier alpha value is -1.64. The van der Waals surface area contributed by atoms with Gasteiger partial charge >= 0.3 is 0 Å². The number of carbonyl (C=O) groups excluding carboxylic acids is 2. The quantitative estimate of drug-likeness (QED) is 0.778. The van der Waals surface area contributed by atoms with E-state index in [0.29, 0.717) is 0 Å². The number of hydrogen-bond donors (Lipinski definition) is 0. The number of anilines is 1. The highest BCUT2D eigenvalue weighted by atomic mass is 16.2. The fraction of sp³-hybridized carbons (Fsp3) is 0.500. The van der Waals surface area contributed by atoms with Gasteiger partial charge in [0, 0.05) is 11.8 Å². The minimum Gasteiger partial charge on any atom is -0.274 e. The van der Waals surface area contributed by atoms with Gasteiger partial charge < -0.3 is 0 Å². The Balaban J connectivity index is 1.97. The smallest absolute Gasteiger partial charge is 0.236 e. The Bertz CT molecular complexity index is 491. The van der Waals surface area contributed by atoms with Crippen LogP contribution in [0, 0.1) is 11.8 Å². The zero-order valence-electron chi connectivity index (χ0n) is 11.3. The summed E-state index contributed by atoms with van der Waals surface area (Å²) in [6.07, 6.45) is 4.56. The number of rotatable bonds is 4. The third kappa shape index (κ3) is 2.42. The lowest BCUT2D eigenvalue weighted by atomic mass is 10.1. The largest absolute Gasteiger partial charge is 0.274 e. The molecule has 0 radical (unpaired) electrons. The van der Waals surface area contributed by atoms with Gasteiger partial charge in [0.05, 0.1) is 5.69 Å². The molecule has 2 aliphatic rings. The molecular weight excluding hydrogens is 238 g/mol. The van der Waals surface area contributed by atoms with Crippen LogP contribution in [-0.2, 0) is 16.0 Å². The number of amides is 2. The molecule has 0 atom stereocenters. The van der Waals surface area contributed by atoms with Crippen molar-refractivity contribution in [3.05, 3.63) is 29.8 Å². The number of para-hydroxylation sites is 1. The van der Waals surface area contributed by atoms with Crippen LogP contribution in [0.3, 0.4) is 0 Å². The molecule has 0 saturated heterocycles. The third-order valence-electron chi connectivity index (χ3n) is 3.91. The lowest BCUT2D eigenvalue weighted by Crippen LogP contribution is -2.39. The van der Waals surface area contributed by atoms with Crippen LogP contribution in [-0.4, -0.2) is 11.8 Å². The predicted molar refractivity (Wildman–Crippen MR) is 73.8 cm³/mol. The van der Waals surface area contributed by atoms with Crippen molar-refractivity contribution < 1.29 is 9.59 Å². The van der Waals surface area contributed by atoms with Crippen molar-refractivity contribution in [1.29, 1.82) is 0 Å². The molecule has 3 heteroatoms. The standard InChI is InChI=1S/C16H19NO2/c1-2-11-5-3-4-6-14(11)17(15(18)12-7-8-12)16(19)13-9-10-13/h3-6,12-13H,2,7-10H2,1H3. The first-order valence-electron chi connectivity index (χ1n) is 7.18. The second-order valence-corrected chi connectivity index (χ2v) is 5.54. The summed E-state index contributed by atoms with van der Waals surface area (Å²) in [7, 11) is 0. The van der Waals surface area contributed by atoms with Crippen LogP contribution < -0.4 is 4.90 Å². The molecule has 2 aliphatic carbocycles. The molecule has 3 rings (SSSR count). The molecule has 100 valence electrons. The zero-order chi connectivity index (χ0) is 13.4. The van der Waals surface area contributed by atoms with Gasteiger partial charge in [0.1, 0.15) is 0 Å². The van der Waals surface area contributed by atoms with Gasteiger partial charge in [-0.3, -0.25) is 9.59 Å². The van der Waals surface area contributed by atoms with Crippen LogP contribution in [0.2, 0.25) is 0 Å². The zero-order valence-corrected chi connectivity index (χ0v) is 11.3. The van der Waals surface area contributed by atoms with Gasteiger partial charge in [-0.25, -0.2) is 4.90 Å². The Morgan fingerprint density at radius 3 is 2.05 bits per heavy atom. The summed E-state index contributed by atoms with van der Waals surface area (Å²) in [5.41, 5.74) is 1.88. The lowest BCUT2D eigenvalue weighted by molar-refractivity contribution is -0.127. The Kier molecular flexibility index (Phi) is 3.13. The van der Waals surface area contributed by atoms with E-state index >= 15 is 0 Å². The summed E-state index contributed by atoms with van der Waals surface area (Å²) < 4.78 is 0. The summed E-state index contributed by atoms with van der Waals surface area (Å²) in [5.74, 6) is 0.177. The van der Waals surface area contributed by atoms with Crippen molar-refractivity contribution in [2.24, 2.45) is 11.8 Å². The summed E-state index contributed by atoms with van der Waals surface area (Å²) in [5, 5.41) is 0. The molecule has 2 amide bonds. The van der Waals surface area contributed by atoms with E-state index in [2.05, 4.69) is 6.92 Å². The van der Waals surface area contributed by atoms with Crippen LogP contribution in [0.15, 0.2) is 24.3 Å². The maximum Gasteiger partial charge on any atom is 0.236 e. The SMILES string of the molecule is CCc1ccccc1N(C(=O)C1CC1)C(=O)C1CC1. The highest BCUT2D eigenvalue weighted by molar-refractivity contribution is 6.17. The van der Waals surface area contributed by atoms with Gasteiger partial charge in [0.2, 0.25) is 11.8 Å². The lowest BCUT2D eigenvalue weighted by Gasteiger charge is -2.23. The van der Waals surface area contributed by atoms with Gasteiger partial charge in [-0.05, 0) is 43.7 Å². The van der Waals surface area contributed by atoms with Crippen molar-refractivity contribution in [3.63, 3.8) is 0 Å². The molecule has 0 aromatic heterocycles. The van der Waals surface area contributed by atoms with Crippen molar-refractivity contribution in [1.82, 2.24) is 0 Å². The summed E-state index contributed by atoms with van der Waals surface area (Å²) in [6, 6.07) is 7.77. The number of nitrogens with zero attached hydrogens (tertiary/aromatic N) is 1. The van der Waals surface area contributed by atoms with E-state index in [1.165, 1.54) is 4.90 Å². The molecule has 2 fully saturated rings. The maximum absolute atomic E-state index is 12.5. The number of aryl methyl sites for hydroxylation is 1. The molecule has 0 bridgehead atoms. The first-order chi connectivity index (χ1) is 9.22. The molecule has 0 aliphatic heterocycles. The summed E-state index contributed by atoms with van der Waals surface area (Å²) >= 11 is 0. The highest BCUT2D eigenvalue weighted by Crippen LogP contribution is 2.38. The monoisotopic (exact) mass is 257 g/mol. The van der Waals surface area contributed by atoms with E-state index in [1.54, 1.807) is 0 Å². The third-order valence-corrected chi connectivity index (χ3v) is 3.91. The van der Waals surface area contributed by atoms with Gasteiger partial charge in [0.25, 0.3) is 0 Å². The molecule has 0 spiro atoms. The summed E-state index contributed by atoms with van der Waals surface area (Å²) in [4.78, 5) is 26.4. The van der Waals surface area contributed by atoms with Gasteiger partial charge in [-0.1, -0.05) is 25.1 Å². The fourth-order valence-electron chi connectivity index (χ4n) is 2.40. The van der Waals surface area contributed by atoms with E-state index < -0.39 is 0 Å². The van der Waals surface area contributed by atoms with Crippen LogP contribution in [0.1, 0.15) is 38.2 Å². The van der Waals surface area contributed by atoms with E-state index in [9.17, 15) is 9.59 Å². The molecule has 2 saturated carbocycles. The average Bonchev–Trinajstić information content (AvgIpc) is 3.32. The number of benzene rings is 1. The Morgan fingerprint density at radius 1 is 1.05 bits per heavy atom. The number of hydrogen-bond acceptors (Lipinski definition) is 2. The van der Waals surface area contributed by atoms with E-state index in [1.807, 2.05) is 24.3 Å². The second kappa shape index (κ2) is 4.80. The van der Waals surface area contributed by atoms with Crippen LogP contribution in [0.5, 0.6) is 0 Å². The van der Waals surface area contributed by atoms with Crippen molar-refractivity contribution in [2.45, 2.75) is 39.0 Å². The molecule has 1 aromatic carbocycles. The molecule has 19 heavy (non-hydrogen) atoms. The number of imide groups is 1. The first kappa shape index (κ1) is 12.4. The molecule has 1 aromatic rings. The average molecular weight is 257 g/mol. The Morgan fingerprint density at radius 2 is 1.58 bits per heavy atom. The van der Waals surface area contributed by atoms with E-state index in [4.69, 9.17) is 0 Å². The normalized spacial score (nSPS) is 18.2. The van der Waals surface area contributed by atoms with E-state index in [-0.39, 0.29) is 23.7 Å². The van der Waals surface area contributed by atoms with Gasteiger partial charge in [-0.2, -0.15) is 0 Å². The van der Waals surface area contributed by atoms with Crippen molar-refractivity contribution in [2.75, 3.05) is 4.90 Å². The molecule has 0 N–H and O–H groups in total. The topological polar surface area (TPSA) is 37.4 Å². The van der Waals surface area contributed by atoms with Gasteiger partial charge in [0.15, 0.2) is 0 Å². The molecule has 0 unspecified atom stereocenters. The predicted octanol–water partition coefficient (Wildman–Crippen LogP) is 2.93. The van der Waals surface area contributed by atoms with Crippen molar-refractivity contribution >= 4 is 17.5 Å².